The Morgan fingerprint density at radius 1 is 1.15 bits per heavy atom. The van der Waals surface area contributed by atoms with Crippen LogP contribution < -0.4 is 10.2 Å². The molecule has 2 aliphatic heterocycles. The van der Waals surface area contributed by atoms with Crippen LogP contribution >= 0.6 is 0 Å². The fourth-order valence-corrected chi connectivity index (χ4v) is 9.69. The average Bonchev–Trinajstić information content (AvgIpc) is 3.71. The highest BCUT2D eigenvalue weighted by molar-refractivity contribution is 7.95. The molecule has 6 rings (SSSR count). The van der Waals surface area contributed by atoms with E-state index in [1.807, 2.05) is 0 Å². The predicted octanol–water partition coefficient (Wildman–Crippen LogP) is 5.79. The second-order valence-corrected chi connectivity index (χ2v) is 14.2. The molecule has 2 aromatic rings. The first kappa shape index (κ1) is 27.4. The number of alkyl halides is 3. The molecule has 0 bridgehead atoms. The fourth-order valence-electron chi connectivity index (χ4n) is 6.38. The van der Waals surface area contributed by atoms with E-state index in [1.54, 1.807) is 20.0 Å². The SMILES string of the molecule is C[C@@H](Nc1ncnc2c1C=C(C1(F)CCC3(CC1)CS(=O)(=NC1CC1)C3)C(O)N2C)c1cccc(C(F)F)c1F. The minimum atomic E-state index is -2.95. The lowest BCUT2D eigenvalue weighted by Crippen LogP contribution is -2.54. The van der Waals surface area contributed by atoms with Gasteiger partial charge in [0.15, 0.2) is 6.23 Å². The number of nitrogens with one attached hydrogen (secondary N) is 1. The molecule has 216 valence electrons. The standard InChI is InChI=1S/C28H33F4N5O2S/c1-16(18-4-3-5-19(22(18)29)23(30)31)35-24-20-12-21(26(38)37(2)25(20)34-15-33-24)28(32)10-8-27(9-11-28)13-40(39,14-27)36-17-6-7-17/h3-5,12,15-17,23,26,38H,6-11,13-14H2,1-2H3,(H,33,34,35)/t16-,26?,27?,28?,40?/m1/s1. The largest absolute Gasteiger partial charge is 0.369 e. The van der Waals surface area contributed by atoms with Gasteiger partial charge in [-0.25, -0.2) is 36.1 Å². The number of aliphatic hydroxyl groups excluding tert-OH is 1. The summed E-state index contributed by atoms with van der Waals surface area (Å²) in [6.07, 6.45) is 2.17. The Labute approximate surface area is 231 Å². The van der Waals surface area contributed by atoms with Gasteiger partial charge in [0.1, 0.15) is 29.4 Å². The Bertz CT molecular complexity index is 1470. The van der Waals surface area contributed by atoms with Crippen LogP contribution in [0.3, 0.4) is 0 Å². The van der Waals surface area contributed by atoms with E-state index >= 15 is 4.39 Å². The number of hydrogen-bond acceptors (Lipinski definition) is 7. The van der Waals surface area contributed by atoms with Gasteiger partial charge in [0.2, 0.25) is 0 Å². The van der Waals surface area contributed by atoms with Crippen LogP contribution in [0.5, 0.6) is 0 Å². The number of aromatic nitrogens is 2. The van der Waals surface area contributed by atoms with Crippen molar-refractivity contribution in [2.45, 2.75) is 75.9 Å². The number of benzene rings is 1. The number of likely N-dealkylation sites (N-methyl/N-ethyl adjacent to an activating group) is 1. The summed E-state index contributed by atoms with van der Waals surface area (Å²) in [5.41, 5.74) is -1.96. The van der Waals surface area contributed by atoms with Crippen LogP contribution in [0.15, 0.2) is 34.5 Å². The Kier molecular flexibility index (Phi) is 6.64. The minimum Gasteiger partial charge on any atom is -0.369 e. The Balaban J connectivity index is 1.25. The molecule has 2 atom stereocenters. The van der Waals surface area contributed by atoms with Gasteiger partial charge in [-0.05, 0) is 56.9 Å². The number of halogens is 4. The molecule has 40 heavy (non-hydrogen) atoms. The third kappa shape index (κ3) is 4.76. The highest BCUT2D eigenvalue weighted by Crippen LogP contribution is 2.54. The van der Waals surface area contributed by atoms with E-state index in [-0.39, 0.29) is 41.3 Å². The molecule has 12 heteroatoms. The normalized spacial score (nSPS) is 32.4. The number of rotatable bonds is 6. The quantitative estimate of drug-likeness (QED) is 0.421. The van der Waals surface area contributed by atoms with Crippen molar-refractivity contribution < 1.29 is 26.9 Å². The fraction of sp³-hybridized carbons (Fsp3) is 0.571. The van der Waals surface area contributed by atoms with Crippen LogP contribution in [0.25, 0.3) is 6.08 Å². The van der Waals surface area contributed by atoms with E-state index in [1.165, 1.54) is 23.4 Å². The highest BCUT2D eigenvalue weighted by atomic mass is 32.2. The van der Waals surface area contributed by atoms with E-state index in [9.17, 15) is 22.5 Å². The second-order valence-electron chi connectivity index (χ2n) is 11.8. The van der Waals surface area contributed by atoms with E-state index in [0.717, 1.165) is 18.9 Å². The summed E-state index contributed by atoms with van der Waals surface area (Å²) in [5, 5.41) is 14.2. The van der Waals surface area contributed by atoms with E-state index in [0.29, 0.717) is 35.7 Å². The zero-order chi connectivity index (χ0) is 28.4. The molecular weight excluding hydrogens is 546 g/mol. The highest BCUT2D eigenvalue weighted by Gasteiger charge is 2.54. The summed E-state index contributed by atoms with van der Waals surface area (Å²) in [4.78, 5) is 10.0. The Morgan fingerprint density at radius 2 is 1.82 bits per heavy atom. The maximum atomic E-state index is 16.6. The Hall–Kier alpha value is -2.73. The summed E-state index contributed by atoms with van der Waals surface area (Å²) in [6, 6.07) is 3.35. The van der Waals surface area contributed by atoms with Crippen molar-refractivity contribution in [2.24, 2.45) is 9.78 Å². The molecule has 1 aromatic heterocycles. The van der Waals surface area contributed by atoms with Gasteiger partial charge in [-0.1, -0.05) is 18.2 Å². The van der Waals surface area contributed by atoms with E-state index < -0.39 is 45.5 Å². The smallest absolute Gasteiger partial charge is 0.266 e. The van der Waals surface area contributed by atoms with E-state index in [2.05, 4.69) is 19.6 Å². The molecular formula is C28H33F4N5O2S. The van der Waals surface area contributed by atoms with Crippen molar-refractivity contribution >= 4 is 27.4 Å². The molecule has 3 fully saturated rings. The average molecular weight is 580 g/mol. The third-order valence-electron chi connectivity index (χ3n) is 8.83. The molecule has 0 radical (unpaired) electrons. The van der Waals surface area contributed by atoms with Gasteiger partial charge >= 0.3 is 0 Å². The first-order chi connectivity index (χ1) is 18.9. The molecule has 2 saturated carbocycles. The zero-order valence-corrected chi connectivity index (χ0v) is 23.2. The number of anilines is 2. The molecule has 1 saturated heterocycles. The van der Waals surface area contributed by atoms with E-state index in [4.69, 9.17) is 0 Å². The number of nitrogens with zero attached hydrogens (tertiary/aromatic N) is 4. The van der Waals surface area contributed by atoms with Crippen molar-refractivity contribution in [2.75, 3.05) is 28.8 Å². The number of aliphatic hydroxyl groups is 1. The summed E-state index contributed by atoms with van der Waals surface area (Å²) in [5.74, 6) is 0.693. The van der Waals surface area contributed by atoms with Gasteiger partial charge in [-0.15, -0.1) is 0 Å². The third-order valence-corrected chi connectivity index (χ3v) is 11.6. The van der Waals surface area contributed by atoms with Gasteiger partial charge in [-0.3, -0.25) is 0 Å². The molecule has 2 N–H and O–H groups in total. The molecule has 3 heterocycles. The maximum Gasteiger partial charge on any atom is 0.266 e. The lowest BCUT2D eigenvalue weighted by molar-refractivity contribution is 0.0573. The summed E-state index contributed by atoms with van der Waals surface area (Å²) < 4.78 is 75.4. The molecule has 7 nitrogen and oxygen atoms in total. The lowest BCUT2D eigenvalue weighted by Gasteiger charge is -2.51. The molecule has 1 aromatic carbocycles. The zero-order valence-electron chi connectivity index (χ0n) is 22.4. The summed E-state index contributed by atoms with van der Waals surface area (Å²) in [6.45, 7) is 1.62. The first-order valence-electron chi connectivity index (χ1n) is 13.6. The van der Waals surface area contributed by atoms with Crippen molar-refractivity contribution in [3.63, 3.8) is 0 Å². The van der Waals surface area contributed by atoms with Crippen LogP contribution in [-0.2, 0) is 9.73 Å². The second kappa shape index (κ2) is 9.68. The monoisotopic (exact) mass is 579 g/mol. The van der Waals surface area contributed by atoms with Gasteiger partial charge < -0.3 is 15.3 Å². The molecule has 4 aliphatic rings. The Morgan fingerprint density at radius 3 is 2.48 bits per heavy atom. The molecule has 1 spiro atoms. The molecule has 2 aliphatic carbocycles. The number of hydrogen-bond donors (Lipinski definition) is 2. The topological polar surface area (TPSA) is 90.7 Å². The van der Waals surface area contributed by atoms with Crippen LogP contribution in [-0.4, -0.2) is 55.8 Å². The maximum absolute atomic E-state index is 16.6. The number of fused-ring (bicyclic) bond motifs is 1. The van der Waals surface area contributed by atoms with Crippen molar-refractivity contribution in [3.8, 4) is 0 Å². The van der Waals surface area contributed by atoms with Crippen molar-refractivity contribution in [1.82, 2.24) is 9.97 Å². The first-order valence-corrected chi connectivity index (χ1v) is 15.5. The minimum absolute atomic E-state index is 0.0450. The van der Waals surface area contributed by atoms with Gasteiger partial charge in [0.25, 0.3) is 6.43 Å². The lowest BCUT2D eigenvalue weighted by atomic mass is 9.68. The van der Waals surface area contributed by atoms with Gasteiger partial charge in [0.05, 0.1) is 23.2 Å². The van der Waals surface area contributed by atoms with Gasteiger partial charge in [-0.2, -0.15) is 0 Å². The molecule has 0 amide bonds. The van der Waals surface area contributed by atoms with Crippen LogP contribution in [0.4, 0.5) is 29.2 Å². The van der Waals surface area contributed by atoms with Crippen molar-refractivity contribution in [1.29, 1.82) is 0 Å². The van der Waals surface area contributed by atoms with Crippen LogP contribution in [0, 0.1) is 11.2 Å². The predicted molar refractivity (Wildman–Crippen MR) is 146 cm³/mol. The summed E-state index contributed by atoms with van der Waals surface area (Å²) in [7, 11) is -0.561. The van der Waals surface area contributed by atoms with Gasteiger partial charge in [0, 0.05) is 39.4 Å². The molecule has 1 unspecified atom stereocenters. The van der Waals surface area contributed by atoms with Crippen LogP contribution in [0.2, 0.25) is 0 Å². The van der Waals surface area contributed by atoms with Crippen molar-refractivity contribution in [3.05, 3.63) is 52.6 Å². The summed E-state index contributed by atoms with van der Waals surface area (Å²) >= 11 is 0. The van der Waals surface area contributed by atoms with Crippen LogP contribution in [0.1, 0.15) is 74.6 Å².